The molecule has 2 rings (SSSR count). The number of pyridine rings is 1. The van der Waals surface area contributed by atoms with Crippen LogP contribution in [0.1, 0.15) is 23.3 Å². The number of anilines is 1. The lowest BCUT2D eigenvalue weighted by molar-refractivity contribution is 0.0958. The van der Waals surface area contributed by atoms with Crippen LogP contribution in [0.4, 0.5) is 5.69 Å². The third-order valence-electron chi connectivity index (χ3n) is 3.28. The first kappa shape index (κ1) is 11.9. The number of rotatable bonds is 5. The second-order valence-corrected chi connectivity index (χ2v) is 4.57. The Hall–Kier alpha value is -1.62. The molecule has 1 aromatic heterocycles. The molecule has 1 aliphatic carbocycles. The average Bonchev–Trinajstić information content (AvgIpc) is 3.16. The van der Waals surface area contributed by atoms with E-state index in [2.05, 4.69) is 15.6 Å². The number of nitrogens with one attached hydrogen (secondary N) is 2. The van der Waals surface area contributed by atoms with Gasteiger partial charge in [-0.2, -0.15) is 0 Å². The maximum Gasteiger partial charge on any atom is 0.269 e. The molecule has 0 aliphatic heterocycles. The summed E-state index contributed by atoms with van der Waals surface area (Å²) in [5.74, 6) is -0.173. The van der Waals surface area contributed by atoms with E-state index < -0.39 is 0 Å². The lowest BCUT2D eigenvalue weighted by Gasteiger charge is -2.14. The summed E-state index contributed by atoms with van der Waals surface area (Å²) in [5, 5.41) is 5.87. The van der Waals surface area contributed by atoms with Gasteiger partial charge in [0.05, 0.1) is 0 Å². The number of carbonyl (C=O) groups is 1. The predicted molar refractivity (Wildman–Crippen MR) is 66.8 cm³/mol. The van der Waals surface area contributed by atoms with Gasteiger partial charge in [0.2, 0.25) is 0 Å². The van der Waals surface area contributed by atoms with Crippen LogP contribution in [-0.2, 0) is 0 Å². The quantitative estimate of drug-likeness (QED) is 0.696. The molecule has 1 heterocycles. The Bertz CT molecular complexity index is 415. The van der Waals surface area contributed by atoms with Crippen molar-refractivity contribution in [2.45, 2.75) is 12.8 Å². The molecule has 0 atom stereocenters. The third-order valence-corrected chi connectivity index (χ3v) is 3.28. The zero-order valence-electron chi connectivity index (χ0n) is 9.99. The Morgan fingerprint density at radius 1 is 1.59 bits per heavy atom. The van der Waals surface area contributed by atoms with Crippen molar-refractivity contribution in [1.29, 1.82) is 0 Å². The van der Waals surface area contributed by atoms with Crippen LogP contribution in [0.25, 0.3) is 0 Å². The normalized spacial score (nSPS) is 16.4. The molecule has 1 saturated carbocycles. The molecule has 0 saturated heterocycles. The van der Waals surface area contributed by atoms with E-state index in [1.165, 1.54) is 12.8 Å². The standard InChI is InChI=1S/C12H18N4O/c1-14-11(17)10-6-9(2-5-15-10)16-8-12(7-13)3-4-12/h2,5-6H,3-4,7-8,13H2,1H3,(H,14,17)(H,15,16). The van der Waals surface area contributed by atoms with Gasteiger partial charge in [-0.15, -0.1) is 0 Å². The van der Waals surface area contributed by atoms with E-state index >= 15 is 0 Å². The largest absolute Gasteiger partial charge is 0.384 e. The zero-order chi connectivity index (χ0) is 12.3. The molecule has 0 aromatic carbocycles. The summed E-state index contributed by atoms with van der Waals surface area (Å²) in [5.41, 5.74) is 7.33. The highest BCUT2D eigenvalue weighted by Gasteiger charge is 2.40. The molecular weight excluding hydrogens is 216 g/mol. The number of hydrogen-bond donors (Lipinski definition) is 3. The number of nitrogens with two attached hydrogens (primary N) is 1. The van der Waals surface area contributed by atoms with Crippen molar-refractivity contribution in [3.05, 3.63) is 24.0 Å². The minimum Gasteiger partial charge on any atom is -0.384 e. The Morgan fingerprint density at radius 2 is 2.35 bits per heavy atom. The Labute approximate surface area is 101 Å². The van der Waals surface area contributed by atoms with Gasteiger partial charge < -0.3 is 16.4 Å². The minimum atomic E-state index is -0.173. The Kier molecular flexibility index (Phi) is 3.28. The van der Waals surface area contributed by atoms with Gasteiger partial charge in [-0.3, -0.25) is 9.78 Å². The maximum absolute atomic E-state index is 11.4. The molecule has 1 fully saturated rings. The molecule has 0 unspecified atom stereocenters. The van der Waals surface area contributed by atoms with Crippen LogP contribution in [0.5, 0.6) is 0 Å². The van der Waals surface area contributed by atoms with Gasteiger partial charge in [-0.1, -0.05) is 0 Å². The number of amides is 1. The van der Waals surface area contributed by atoms with Crippen molar-refractivity contribution in [1.82, 2.24) is 10.3 Å². The Balaban J connectivity index is 1.99. The van der Waals surface area contributed by atoms with Gasteiger partial charge in [0.25, 0.3) is 5.91 Å². The highest BCUT2D eigenvalue weighted by atomic mass is 16.1. The van der Waals surface area contributed by atoms with Gasteiger partial charge in [0.1, 0.15) is 5.69 Å². The molecule has 1 aliphatic rings. The SMILES string of the molecule is CNC(=O)c1cc(NCC2(CN)CC2)ccn1. The fourth-order valence-electron chi connectivity index (χ4n) is 1.71. The molecule has 1 amide bonds. The zero-order valence-corrected chi connectivity index (χ0v) is 9.99. The van der Waals surface area contributed by atoms with Crippen LogP contribution >= 0.6 is 0 Å². The summed E-state index contributed by atoms with van der Waals surface area (Å²) < 4.78 is 0. The predicted octanol–water partition coefficient (Wildman–Crippen LogP) is 0.592. The summed E-state index contributed by atoms with van der Waals surface area (Å²) in [7, 11) is 1.59. The van der Waals surface area contributed by atoms with Crippen LogP contribution in [0.2, 0.25) is 0 Å². The molecule has 92 valence electrons. The van der Waals surface area contributed by atoms with E-state index in [1.54, 1.807) is 19.3 Å². The van der Waals surface area contributed by atoms with E-state index in [9.17, 15) is 4.79 Å². The lowest BCUT2D eigenvalue weighted by atomic mass is 10.1. The van der Waals surface area contributed by atoms with E-state index in [0.29, 0.717) is 12.2 Å². The van der Waals surface area contributed by atoms with Crippen LogP contribution in [-0.4, -0.2) is 31.0 Å². The molecule has 0 spiro atoms. The number of nitrogens with zero attached hydrogens (tertiary/aromatic N) is 1. The minimum absolute atomic E-state index is 0.173. The van der Waals surface area contributed by atoms with Crippen molar-refractivity contribution >= 4 is 11.6 Å². The lowest BCUT2D eigenvalue weighted by Crippen LogP contribution is -2.24. The summed E-state index contributed by atoms with van der Waals surface area (Å²) in [6.07, 6.45) is 4.00. The summed E-state index contributed by atoms with van der Waals surface area (Å²) in [4.78, 5) is 15.4. The fourth-order valence-corrected chi connectivity index (χ4v) is 1.71. The highest BCUT2D eigenvalue weighted by molar-refractivity contribution is 5.92. The second kappa shape index (κ2) is 4.71. The van der Waals surface area contributed by atoms with Crippen LogP contribution in [0, 0.1) is 5.41 Å². The summed E-state index contributed by atoms with van der Waals surface area (Å²) in [6, 6.07) is 3.62. The van der Waals surface area contributed by atoms with Crippen molar-refractivity contribution in [3.63, 3.8) is 0 Å². The number of hydrogen-bond acceptors (Lipinski definition) is 4. The van der Waals surface area contributed by atoms with Gasteiger partial charge in [-0.25, -0.2) is 0 Å². The van der Waals surface area contributed by atoms with E-state index in [1.807, 2.05) is 6.07 Å². The molecular formula is C12H18N4O. The van der Waals surface area contributed by atoms with E-state index in [4.69, 9.17) is 5.73 Å². The molecule has 0 bridgehead atoms. The van der Waals surface area contributed by atoms with Gasteiger partial charge in [0, 0.05) is 25.5 Å². The van der Waals surface area contributed by atoms with E-state index in [-0.39, 0.29) is 11.3 Å². The van der Waals surface area contributed by atoms with Crippen LogP contribution in [0.3, 0.4) is 0 Å². The molecule has 5 heteroatoms. The van der Waals surface area contributed by atoms with Gasteiger partial charge in [-0.05, 0) is 36.9 Å². The van der Waals surface area contributed by atoms with Crippen molar-refractivity contribution < 1.29 is 4.79 Å². The second-order valence-electron chi connectivity index (χ2n) is 4.57. The third kappa shape index (κ3) is 2.74. The summed E-state index contributed by atoms with van der Waals surface area (Å²) >= 11 is 0. The maximum atomic E-state index is 11.4. The highest BCUT2D eigenvalue weighted by Crippen LogP contribution is 2.44. The first-order chi connectivity index (χ1) is 8.19. The average molecular weight is 234 g/mol. The molecule has 0 radical (unpaired) electrons. The topological polar surface area (TPSA) is 80.0 Å². The van der Waals surface area contributed by atoms with Crippen molar-refractivity contribution in [3.8, 4) is 0 Å². The van der Waals surface area contributed by atoms with Crippen LogP contribution < -0.4 is 16.4 Å². The van der Waals surface area contributed by atoms with Gasteiger partial charge >= 0.3 is 0 Å². The first-order valence-electron chi connectivity index (χ1n) is 5.81. The molecule has 1 aromatic rings. The Morgan fingerprint density at radius 3 is 2.94 bits per heavy atom. The first-order valence-corrected chi connectivity index (χ1v) is 5.81. The van der Waals surface area contributed by atoms with Crippen molar-refractivity contribution in [2.75, 3.05) is 25.5 Å². The fraction of sp³-hybridized carbons (Fsp3) is 0.500. The van der Waals surface area contributed by atoms with E-state index in [0.717, 1.165) is 12.2 Å². The summed E-state index contributed by atoms with van der Waals surface area (Å²) in [6.45, 7) is 1.58. The van der Waals surface area contributed by atoms with Crippen LogP contribution in [0.15, 0.2) is 18.3 Å². The molecule has 4 N–H and O–H groups in total. The van der Waals surface area contributed by atoms with Gasteiger partial charge in [0.15, 0.2) is 0 Å². The number of aromatic nitrogens is 1. The smallest absolute Gasteiger partial charge is 0.269 e. The molecule has 5 nitrogen and oxygen atoms in total. The monoisotopic (exact) mass is 234 g/mol. The number of carbonyl (C=O) groups excluding carboxylic acids is 1. The molecule has 17 heavy (non-hydrogen) atoms. The van der Waals surface area contributed by atoms with Crippen molar-refractivity contribution in [2.24, 2.45) is 11.1 Å².